The molecular formula is C17H34N2. The number of piperidine rings is 1. The zero-order valence-electron chi connectivity index (χ0n) is 13.2. The molecule has 2 fully saturated rings. The Bertz CT molecular complexity index is 231. The van der Waals surface area contributed by atoms with Crippen LogP contribution in [0.4, 0.5) is 0 Å². The van der Waals surface area contributed by atoms with Crippen molar-refractivity contribution < 1.29 is 0 Å². The van der Waals surface area contributed by atoms with Gasteiger partial charge in [-0.3, -0.25) is 4.90 Å². The van der Waals surface area contributed by atoms with Crippen LogP contribution < -0.4 is 5.32 Å². The van der Waals surface area contributed by atoms with Crippen LogP contribution in [0.5, 0.6) is 0 Å². The van der Waals surface area contributed by atoms with Crippen LogP contribution in [0.25, 0.3) is 0 Å². The molecule has 2 saturated heterocycles. The van der Waals surface area contributed by atoms with Crippen LogP contribution in [0, 0.1) is 11.8 Å². The highest BCUT2D eigenvalue weighted by atomic mass is 15.2. The van der Waals surface area contributed by atoms with Gasteiger partial charge in [0.05, 0.1) is 0 Å². The maximum atomic E-state index is 3.53. The van der Waals surface area contributed by atoms with Crippen molar-refractivity contribution in [3.05, 3.63) is 0 Å². The second-order valence-corrected chi connectivity index (χ2v) is 6.68. The van der Waals surface area contributed by atoms with Gasteiger partial charge in [0.1, 0.15) is 0 Å². The number of nitrogens with one attached hydrogen (secondary N) is 1. The molecule has 1 N–H and O–H groups in total. The van der Waals surface area contributed by atoms with Crippen molar-refractivity contribution in [2.45, 2.75) is 71.3 Å². The molecule has 0 aromatic heterocycles. The van der Waals surface area contributed by atoms with Gasteiger partial charge in [0, 0.05) is 12.6 Å². The predicted molar refractivity (Wildman–Crippen MR) is 83.5 cm³/mol. The second-order valence-electron chi connectivity index (χ2n) is 6.68. The minimum Gasteiger partial charge on any atom is -0.317 e. The molecule has 2 nitrogen and oxygen atoms in total. The molecule has 0 aromatic carbocycles. The standard InChI is InChI=1S/C17H34N2/c1-3-15(4-2)14-19-13-7-5-6-8-17(19)16-9-11-18-12-10-16/h15-18H,3-14H2,1-2H3. The van der Waals surface area contributed by atoms with E-state index in [1.165, 1.54) is 77.5 Å². The molecule has 2 rings (SSSR count). The molecule has 1 unspecified atom stereocenters. The Labute approximate surface area is 120 Å². The zero-order chi connectivity index (χ0) is 13.5. The first kappa shape index (κ1) is 15.3. The van der Waals surface area contributed by atoms with E-state index in [2.05, 4.69) is 24.1 Å². The van der Waals surface area contributed by atoms with E-state index in [-0.39, 0.29) is 0 Å². The quantitative estimate of drug-likeness (QED) is 0.817. The van der Waals surface area contributed by atoms with Crippen LogP contribution in [0.15, 0.2) is 0 Å². The average Bonchev–Trinajstić information content (AvgIpc) is 2.71. The second kappa shape index (κ2) is 8.26. The van der Waals surface area contributed by atoms with E-state index in [4.69, 9.17) is 0 Å². The van der Waals surface area contributed by atoms with Gasteiger partial charge in [-0.15, -0.1) is 0 Å². The van der Waals surface area contributed by atoms with Crippen LogP contribution in [-0.2, 0) is 0 Å². The summed E-state index contributed by atoms with van der Waals surface area (Å²) in [7, 11) is 0. The average molecular weight is 266 g/mol. The van der Waals surface area contributed by atoms with Gasteiger partial charge in [0.2, 0.25) is 0 Å². The Morgan fingerprint density at radius 3 is 2.42 bits per heavy atom. The number of likely N-dealkylation sites (tertiary alicyclic amines) is 1. The van der Waals surface area contributed by atoms with Gasteiger partial charge in [-0.1, -0.05) is 39.5 Å². The van der Waals surface area contributed by atoms with Crippen molar-refractivity contribution in [3.8, 4) is 0 Å². The first-order valence-electron chi connectivity index (χ1n) is 8.79. The fourth-order valence-corrected chi connectivity index (χ4v) is 4.06. The maximum Gasteiger partial charge on any atom is 0.0125 e. The van der Waals surface area contributed by atoms with Gasteiger partial charge < -0.3 is 5.32 Å². The van der Waals surface area contributed by atoms with E-state index in [9.17, 15) is 0 Å². The van der Waals surface area contributed by atoms with Gasteiger partial charge >= 0.3 is 0 Å². The normalized spacial score (nSPS) is 27.6. The van der Waals surface area contributed by atoms with Crippen molar-refractivity contribution in [1.29, 1.82) is 0 Å². The van der Waals surface area contributed by atoms with E-state index in [1.807, 2.05) is 0 Å². The van der Waals surface area contributed by atoms with Gasteiger partial charge in [-0.05, 0) is 57.2 Å². The smallest absolute Gasteiger partial charge is 0.0125 e. The van der Waals surface area contributed by atoms with Crippen molar-refractivity contribution >= 4 is 0 Å². The van der Waals surface area contributed by atoms with Crippen LogP contribution in [0.1, 0.15) is 65.2 Å². The van der Waals surface area contributed by atoms with Crippen LogP contribution in [0.3, 0.4) is 0 Å². The summed E-state index contributed by atoms with van der Waals surface area (Å²) in [5, 5.41) is 3.53. The lowest BCUT2D eigenvalue weighted by Crippen LogP contribution is -2.46. The third kappa shape index (κ3) is 4.46. The van der Waals surface area contributed by atoms with Crippen molar-refractivity contribution in [1.82, 2.24) is 10.2 Å². The highest BCUT2D eigenvalue weighted by Crippen LogP contribution is 2.29. The lowest BCUT2D eigenvalue weighted by molar-refractivity contribution is 0.102. The lowest BCUT2D eigenvalue weighted by atomic mass is 9.86. The number of rotatable bonds is 5. The molecule has 2 aliphatic heterocycles. The molecule has 2 aliphatic rings. The summed E-state index contributed by atoms with van der Waals surface area (Å²) in [6, 6.07) is 0.894. The highest BCUT2D eigenvalue weighted by Gasteiger charge is 2.30. The molecule has 112 valence electrons. The lowest BCUT2D eigenvalue weighted by Gasteiger charge is -2.39. The van der Waals surface area contributed by atoms with E-state index >= 15 is 0 Å². The first-order chi connectivity index (χ1) is 9.35. The summed E-state index contributed by atoms with van der Waals surface area (Å²) in [6.07, 6.45) is 11.3. The number of nitrogens with zero attached hydrogens (tertiary/aromatic N) is 1. The van der Waals surface area contributed by atoms with Gasteiger partial charge in [-0.2, -0.15) is 0 Å². The minimum atomic E-state index is 0.894. The Hall–Kier alpha value is -0.0800. The Morgan fingerprint density at radius 2 is 1.74 bits per heavy atom. The van der Waals surface area contributed by atoms with Gasteiger partial charge in [-0.25, -0.2) is 0 Å². The fraction of sp³-hybridized carbons (Fsp3) is 1.00. The third-order valence-corrected chi connectivity index (χ3v) is 5.49. The molecule has 1 atom stereocenters. The monoisotopic (exact) mass is 266 g/mol. The maximum absolute atomic E-state index is 3.53. The molecule has 0 bridgehead atoms. The molecule has 2 heterocycles. The Balaban J connectivity index is 1.97. The molecule has 19 heavy (non-hydrogen) atoms. The molecule has 2 heteroatoms. The largest absolute Gasteiger partial charge is 0.317 e. The van der Waals surface area contributed by atoms with E-state index in [0.29, 0.717) is 0 Å². The SMILES string of the molecule is CCC(CC)CN1CCCCCC1C1CCNCC1. The van der Waals surface area contributed by atoms with Gasteiger partial charge in [0.15, 0.2) is 0 Å². The Morgan fingerprint density at radius 1 is 1.00 bits per heavy atom. The van der Waals surface area contributed by atoms with E-state index < -0.39 is 0 Å². The summed E-state index contributed by atoms with van der Waals surface area (Å²) in [4.78, 5) is 2.89. The number of hydrogen-bond donors (Lipinski definition) is 1. The zero-order valence-corrected chi connectivity index (χ0v) is 13.2. The van der Waals surface area contributed by atoms with Crippen molar-refractivity contribution in [2.75, 3.05) is 26.2 Å². The van der Waals surface area contributed by atoms with E-state index in [0.717, 1.165) is 17.9 Å². The first-order valence-corrected chi connectivity index (χ1v) is 8.79. The molecule has 0 aromatic rings. The fourth-order valence-electron chi connectivity index (χ4n) is 4.06. The van der Waals surface area contributed by atoms with Crippen molar-refractivity contribution in [2.24, 2.45) is 11.8 Å². The third-order valence-electron chi connectivity index (χ3n) is 5.49. The number of hydrogen-bond acceptors (Lipinski definition) is 2. The minimum absolute atomic E-state index is 0.894. The molecule has 0 radical (unpaired) electrons. The molecule has 0 spiro atoms. The van der Waals surface area contributed by atoms with Crippen molar-refractivity contribution in [3.63, 3.8) is 0 Å². The highest BCUT2D eigenvalue weighted by molar-refractivity contribution is 4.85. The van der Waals surface area contributed by atoms with Crippen LogP contribution >= 0.6 is 0 Å². The molecular weight excluding hydrogens is 232 g/mol. The summed E-state index contributed by atoms with van der Waals surface area (Å²) in [5.41, 5.74) is 0. The van der Waals surface area contributed by atoms with Crippen LogP contribution in [0.2, 0.25) is 0 Å². The van der Waals surface area contributed by atoms with Gasteiger partial charge in [0.25, 0.3) is 0 Å². The van der Waals surface area contributed by atoms with E-state index in [1.54, 1.807) is 0 Å². The topological polar surface area (TPSA) is 15.3 Å². The molecule has 0 aliphatic carbocycles. The molecule has 0 amide bonds. The summed E-state index contributed by atoms with van der Waals surface area (Å²) in [6.45, 7) is 9.96. The Kier molecular flexibility index (Phi) is 6.66. The van der Waals surface area contributed by atoms with Crippen LogP contribution in [-0.4, -0.2) is 37.1 Å². The predicted octanol–water partition coefficient (Wildman–Crippen LogP) is 3.67. The summed E-state index contributed by atoms with van der Waals surface area (Å²) in [5.74, 6) is 1.89. The summed E-state index contributed by atoms with van der Waals surface area (Å²) >= 11 is 0. The molecule has 0 saturated carbocycles. The summed E-state index contributed by atoms with van der Waals surface area (Å²) < 4.78 is 0.